The molecular weight excluding hydrogens is 566 g/mol. The summed E-state index contributed by atoms with van der Waals surface area (Å²) in [7, 11) is 0. The predicted octanol–water partition coefficient (Wildman–Crippen LogP) is 12.9. The molecule has 276 valence electrons. The summed E-state index contributed by atoms with van der Waals surface area (Å²) in [6.45, 7) is 4.34. The molecule has 0 aliphatic carbocycles. The molecule has 2 atom stereocenters. The summed E-state index contributed by atoms with van der Waals surface area (Å²) in [6, 6.07) is -0.527. The highest BCUT2D eigenvalue weighted by Gasteiger charge is 2.20. The summed E-state index contributed by atoms with van der Waals surface area (Å²) in [5, 5.41) is 23.0. The summed E-state index contributed by atoms with van der Waals surface area (Å²) >= 11 is 0. The van der Waals surface area contributed by atoms with Crippen molar-refractivity contribution in [3.05, 3.63) is 0 Å². The van der Waals surface area contributed by atoms with Gasteiger partial charge in [0.2, 0.25) is 5.91 Å². The van der Waals surface area contributed by atoms with Crippen LogP contribution in [0.1, 0.15) is 245 Å². The van der Waals surface area contributed by atoms with Crippen LogP contribution in [-0.4, -0.2) is 34.9 Å². The number of hydrogen-bond acceptors (Lipinski definition) is 3. The zero-order valence-electron chi connectivity index (χ0n) is 31.6. The first-order valence-electron chi connectivity index (χ1n) is 21.2. The van der Waals surface area contributed by atoms with E-state index in [0.29, 0.717) is 12.8 Å². The minimum Gasteiger partial charge on any atom is -0.394 e. The summed E-state index contributed by atoms with van der Waals surface area (Å²) < 4.78 is 0. The van der Waals surface area contributed by atoms with Crippen molar-refractivity contribution in [2.24, 2.45) is 0 Å². The van der Waals surface area contributed by atoms with E-state index in [-0.39, 0.29) is 12.5 Å². The molecule has 0 spiro atoms. The zero-order valence-corrected chi connectivity index (χ0v) is 31.6. The standard InChI is InChI=1S/C42H85NO3/c1-3-5-7-9-11-13-14-15-16-17-18-19-20-21-22-23-24-25-26-27-28-29-30-32-34-36-38-42(46)43-40(39-44)41(45)37-35-33-31-12-10-8-6-4-2/h40-41,44-45H,3-39H2,1-2H3,(H,43,46). The van der Waals surface area contributed by atoms with Gasteiger partial charge in [-0.2, -0.15) is 0 Å². The predicted molar refractivity (Wildman–Crippen MR) is 203 cm³/mol. The normalized spacial score (nSPS) is 12.9. The van der Waals surface area contributed by atoms with Gasteiger partial charge < -0.3 is 15.5 Å². The maximum absolute atomic E-state index is 12.3. The molecule has 0 saturated carbocycles. The van der Waals surface area contributed by atoms with Gasteiger partial charge in [-0.1, -0.05) is 226 Å². The molecule has 0 radical (unpaired) electrons. The molecule has 1 amide bonds. The lowest BCUT2D eigenvalue weighted by Crippen LogP contribution is -2.45. The fourth-order valence-corrected chi connectivity index (χ4v) is 6.83. The quantitative estimate of drug-likeness (QED) is 0.0579. The van der Waals surface area contributed by atoms with E-state index >= 15 is 0 Å². The maximum atomic E-state index is 12.3. The van der Waals surface area contributed by atoms with Crippen LogP contribution in [0.15, 0.2) is 0 Å². The van der Waals surface area contributed by atoms with Crippen LogP contribution in [0, 0.1) is 0 Å². The van der Waals surface area contributed by atoms with Crippen molar-refractivity contribution in [1.82, 2.24) is 5.32 Å². The third-order valence-electron chi connectivity index (χ3n) is 10.1. The van der Waals surface area contributed by atoms with E-state index in [9.17, 15) is 15.0 Å². The van der Waals surface area contributed by atoms with Crippen molar-refractivity contribution >= 4 is 5.91 Å². The topological polar surface area (TPSA) is 69.6 Å². The Hall–Kier alpha value is -0.610. The SMILES string of the molecule is CCCCCCCCCCCCCCCCCCCCCCCCCCCCC(=O)NC(CO)C(O)CCCCCCCCCC. The summed E-state index contributed by atoms with van der Waals surface area (Å²) in [5.74, 6) is -0.0293. The molecule has 0 aliphatic rings. The van der Waals surface area contributed by atoms with Crippen LogP contribution in [0.2, 0.25) is 0 Å². The largest absolute Gasteiger partial charge is 0.394 e. The van der Waals surface area contributed by atoms with Crippen LogP contribution in [0.4, 0.5) is 0 Å². The number of unbranched alkanes of at least 4 members (excludes halogenated alkanes) is 32. The van der Waals surface area contributed by atoms with Crippen LogP contribution < -0.4 is 5.32 Å². The monoisotopic (exact) mass is 652 g/mol. The molecule has 4 nitrogen and oxygen atoms in total. The van der Waals surface area contributed by atoms with Gasteiger partial charge in [0, 0.05) is 6.42 Å². The van der Waals surface area contributed by atoms with Gasteiger partial charge in [0.15, 0.2) is 0 Å². The van der Waals surface area contributed by atoms with Gasteiger partial charge in [-0.05, 0) is 12.8 Å². The molecule has 3 N–H and O–H groups in total. The fourth-order valence-electron chi connectivity index (χ4n) is 6.83. The molecule has 4 heteroatoms. The highest BCUT2D eigenvalue weighted by atomic mass is 16.3. The average Bonchev–Trinajstić information content (AvgIpc) is 3.06. The molecule has 0 aromatic rings. The summed E-state index contributed by atoms with van der Waals surface area (Å²) in [4.78, 5) is 12.3. The Balaban J connectivity index is 3.36. The van der Waals surface area contributed by atoms with Crippen molar-refractivity contribution in [2.45, 2.75) is 257 Å². The Morgan fingerprint density at radius 1 is 0.435 bits per heavy atom. The van der Waals surface area contributed by atoms with Gasteiger partial charge in [0.05, 0.1) is 18.8 Å². The number of carbonyl (C=O) groups is 1. The number of hydrogen-bond donors (Lipinski definition) is 3. The van der Waals surface area contributed by atoms with Crippen molar-refractivity contribution in [2.75, 3.05) is 6.61 Å². The summed E-state index contributed by atoms with van der Waals surface area (Å²) in [6.07, 6.45) is 46.3. The molecule has 0 heterocycles. The smallest absolute Gasteiger partial charge is 0.220 e. The van der Waals surface area contributed by atoms with E-state index in [2.05, 4.69) is 19.2 Å². The fraction of sp³-hybridized carbons (Fsp3) is 0.976. The minimum absolute atomic E-state index is 0.0293. The molecule has 46 heavy (non-hydrogen) atoms. The third-order valence-corrected chi connectivity index (χ3v) is 10.1. The van der Waals surface area contributed by atoms with Crippen LogP contribution >= 0.6 is 0 Å². The lowest BCUT2D eigenvalue weighted by atomic mass is 10.0. The molecule has 0 saturated heterocycles. The van der Waals surface area contributed by atoms with Crippen molar-refractivity contribution in [3.63, 3.8) is 0 Å². The Kier molecular flexibility index (Phi) is 38.3. The number of aliphatic hydroxyl groups excluding tert-OH is 2. The summed E-state index contributed by atoms with van der Waals surface area (Å²) in [5.41, 5.74) is 0. The number of carbonyl (C=O) groups excluding carboxylic acids is 1. The van der Waals surface area contributed by atoms with E-state index in [1.54, 1.807) is 0 Å². The van der Waals surface area contributed by atoms with Crippen molar-refractivity contribution in [1.29, 1.82) is 0 Å². The lowest BCUT2D eigenvalue weighted by molar-refractivity contribution is -0.123. The van der Waals surface area contributed by atoms with Crippen LogP contribution in [-0.2, 0) is 4.79 Å². The molecule has 0 aliphatic heterocycles. The van der Waals surface area contributed by atoms with Crippen LogP contribution in [0.5, 0.6) is 0 Å². The van der Waals surface area contributed by atoms with E-state index < -0.39 is 12.1 Å². The molecular formula is C42H85NO3. The first-order chi connectivity index (χ1) is 22.7. The van der Waals surface area contributed by atoms with E-state index in [4.69, 9.17) is 0 Å². The van der Waals surface area contributed by atoms with Gasteiger partial charge in [-0.15, -0.1) is 0 Å². The van der Waals surface area contributed by atoms with Gasteiger partial charge >= 0.3 is 0 Å². The van der Waals surface area contributed by atoms with Gasteiger partial charge in [0.25, 0.3) is 0 Å². The van der Waals surface area contributed by atoms with Crippen LogP contribution in [0.25, 0.3) is 0 Å². The lowest BCUT2D eigenvalue weighted by Gasteiger charge is -2.22. The van der Waals surface area contributed by atoms with Crippen molar-refractivity contribution < 1.29 is 15.0 Å². The maximum Gasteiger partial charge on any atom is 0.220 e. The van der Waals surface area contributed by atoms with E-state index in [0.717, 1.165) is 25.7 Å². The average molecular weight is 652 g/mol. The second-order valence-corrected chi connectivity index (χ2v) is 14.8. The van der Waals surface area contributed by atoms with Gasteiger partial charge in [-0.3, -0.25) is 4.79 Å². The Bertz CT molecular complexity index is 583. The molecule has 0 aromatic carbocycles. The number of aliphatic hydroxyl groups is 2. The van der Waals surface area contributed by atoms with E-state index in [1.807, 2.05) is 0 Å². The Labute approximate surface area is 289 Å². The van der Waals surface area contributed by atoms with Gasteiger partial charge in [0.1, 0.15) is 0 Å². The van der Waals surface area contributed by atoms with Crippen molar-refractivity contribution in [3.8, 4) is 0 Å². The Morgan fingerprint density at radius 3 is 0.978 bits per heavy atom. The number of nitrogens with one attached hydrogen (secondary N) is 1. The van der Waals surface area contributed by atoms with Crippen LogP contribution in [0.3, 0.4) is 0 Å². The molecule has 0 rings (SSSR count). The minimum atomic E-state index is -0.650. The zero-order chi connectivity index (χ0) is 33.6. The van der Waals surface area contributed by atoms with E-state index in [1.165, 1.54) is 193 Å². The second-order valence-electron chi connectivity index (χ2n) is 14.8. The molecule has 0 bridgehead atoms. The first kappa shape index (κ1) is 45.4. The molecule has 0 aromatic heterocycles. The highest BCUT2D eigenvalue weighted by Crippen LogP contribution is 2.17. The second kappa shape index (κ2) is 38.8. The molecule has 0 fully saturated rings. The highest BCUT2D eigenvalue weighted by molar-refractivity contribution is 5.76. The first-order valence-corrected chi connectivity index (χ1v) is 21.2. The third kappa shape index (κ3) is 34.7. The Morgan fingerprint density at radius 2 is 0.696 bits per heavy atom. The number of amides is 1. The molecule has 2 unspecified atom stereocenters. The van der Waals surface area contributed by atoms with Gasteiger partial charge in [-0.25, -0.2) is 0 Å². The number of rotatable bonds is 39.